The number of esters is 1. The largest absolute Gasteiger partial charge is 0.487 e. The van der Waals surface area contributed by atoms with Gasteiger partial charge in [0, 0.05) is 24.2 Å². The average molecular weight is 490 g/mol. The van der Waals surface area contributed by atoms with Gasteiger partial charge < -0.3 is 23.7 Å². The van der Waals surface area contributed by atoms with E-state index in [1.54, 1.807) is 18.5 Å². The van der Waals surface area contributed by atoms with Crippen molar-refractivity contribution in [2.75, 3.05) is 25.1 Å². The minimum Gasteiger partial charge on any atom is -0.487 e. The summed E-state index contributed by atoms with van der Waals surface area (Å²) in [6, 6.07) is 18.7. The Morgan fingerprint density at radius 2 is 1.94 bits per heavy atom. The smallest absolute Gasteiger partial charge is 0.339 e. The highest BCUT2D eigenvalue weighted by Gasteiger charge is 2.29. The SMILES string of the molecule is COC(=O)c1ccccc1-n1ccc(N2CC(Oc3ccc(COc4cccnc4)c(Cl)c3)C2)c1. The monoisotopic (exact) mass is 489 g/mol. The van der Waals surface area contributed by atoms with Crippen LogP contribution < -0.4 is 14.4 Å². The second-order valence-corrected chi connectivity index (χ2v) is 8.57. The fraction of sp³-hybridized carbons (Fsp3) is 0.185. The van der Waals surface area contributed by atoms with E-state index in [1.807, 2.05) is 71.6 Å². The van der Waals surface area contributed by atoms with Gasteiger partial charge in [-0.3, -0.25) is 4.98 Å². The van der Waals surface area contributed by atoms with Crippen molar-refractivity contribution in [3.63, 3.8) is 0 Å². The van der Waals surface area contributed by atoms with E-state index in [0.29, 0.717) is 22.9 Å². The molecule has 5 rings (SSSR count). The third-order valence-corrected chi connectivity index (χ3v) is 6.19. The van der Waals surface area contributed by atoms with Gasteiger partial charge in [0.15, 0.2) is 0 Å². The molecular weight excluding hydrogens is 466 g/mol. The highest BCUT2D eigenvalue weighted by molar-refractivity contribution is 6.31. The van der Waals surface area contributed by atoms with Crippen LogP contribution in [0, 0.1) is 0 Å². The molecule has 8 heteroatoms. The molecule has 1 saturated heterocycles. The Bertz CT molecular complexity index is 1320. The van der Waals surface area contributed by atoms with E-state index in [4.69, 9.17) is 25.8 Å². The van der Waals surface area contributed by atoms with Gasteiger partial charge in [0.2, 0.25) is 0 Å². The van der Waals surface area contributed by atoms with Crippen molar-refractivity contribution < 1.29 is 19.0 Å². The van der Waals surface area contributed by atoms with Gasteiger partial charge in [-0.1, -0.05) is 29.8 Å². The lowest BCUT2D eigenvalue weighted by atomic mass is 10.1. The summed E-state index contributed by atoms with van der Waals surface area (Å²) >= 11 is 6.45. The summed E-state index contributed by atoms with van der Waals surface area (Å²) in [5, 5.41) is 0.601. The average Bonchev–Trinajstić information content (AvgIpc) is 3.35. The number of benzene rings is 2. The first-order valence-electron chi connectivity index (χ1n) is 11.2. The normalized spacial score (nSPS) is 13.3. The number of ether oxygens (including phenoxy) is 3. The van der Waals surface area contributed by atoms with E-state index in [0.717, 1.165) is 35.8 Å². The van der Waals surface area contributed by atoms with Gasteiger partial charge >= 0.3 is 5.97 Å². The Balaban J connectivity index is 1.17. The van der Waals surface area contributed by atoms with Crippen molar-refractivity contribution in [3.05, 3.63) is 102 Å². The quantitative estimate of drug-likeness (QED) is 0.318. The zero-order valence-corrected chi connectivity index (χ0v) is 19.9. The summed E-state index contributed by atoms with van der Waals surface area (Å²) in [5.74, 6) is 1.07. The topological polar surface area (TPSA) is 65.8 Å². The number of halogens is 1. The lowest BCUT2D eigenvalue weighted by Gasteiger charge is -2.40. The molecule has 1 aliphatic rings. The van der Waals surface area contributed by atoms with Crippen molar-refractivity contribution >= 4 is 23.3 Å². The van der Waals surface area contributed by atoms with Gasteiger partial charge in [-0.05, 0) is 42.5 Å². The third kappa shape index (κ3) is 5.10. The molecule has 0 N–H and O–H groups in total. The van der Waals surface area contributed by atoms with Crippen LogP contribution in [0.15, 0.2) is 85.5 Å². The molecule has 2 aromatic carbocycles. The number of hydrogen-bond donors (Lipinski definition) is 0. The minimum atomic E-state index is -0.360. The van der Waals surface area contributed by atoms with Crippen LogP contribution in [0.2, 0.25) is 5.02 Å². The van der Waals surface area contributed by atoms with Crippen LogP contribution in [0.1, 0.15) is 15.9 Å². The molecule has 0 amide bonds. The third-order valence-electron chi connectivity index (χ3n) is 5.83. The molecule has 3 heterocycles. The van der Waals surface area contributed by atoms with Gasteiger partial charge in [0.05, 0.1) is 48.4 Å². The van der Waals surface area contributed by atoms with E-state index < -0.39 is 0 Å². The summed E-state index contributed by atoms with van der Waals surface area (Å²) in [6.45, 7) is 1.87. The number of aromatic nitrogens is 2. The molecule has 0 unspecified atom stereocenters. The Kier molecular flexibility index (Phi) is 6.59. The zero-order valence-electron chi connectivity index (χ0n) is 19.1. The molecule has 0 bridgehead atoms. The number of anilines is 1. The van der Waals surface area contributed by atoms with Gasteiger partial charge in [0.1, 0.15) is 24.2 Å². The van der Waals surface area contributed by atoms with Crippen LogP contribution in [-0.2, 0) is 11.3 Å². The van der Waals surface area contributed by atoms with E-state index >= 15 is 0 Å². The Morgan fingerprint density at radius 3 is 2.71 bits per heavy atom. The van der Waals surface area contributed by atoms with E-state index in [1.165, 1.54) is 7.11 Å². The fourth-order valence-corrected chi connectivity index (χ4v) is 4.16. The molecular formula is C27H24ClN3O4. The van der Waals surface area contributed by atoms with Crippen molar-refractivity contribution in [2.45, 2.75) is 12.7 Å². The second kappa shape index (κ2) is 10.1. The molecule has 0 aliphatic carbocycles. The highest BCUT2D eigenvalue weighted by atomic mass is 35.5. The molecule has 0 radical (unpaired) electrons. The number of carbonyl (C=O) groups excluding carboxylic acids is 1. The Morgan fingerprint density at radius 1 is 1.09 bits per heavy atom. The fourth-order valence-electron chi connectivity index (χ4n) is 3.93. The maximum Gasteiger partial charge on any atom is 0.339 e. The maximum absolute atomic E-state index is 12.1. The van der Waals surface area contributed by atoms with Crippen molar-refractivity contribution in [2.24, 2.45) is 0 Å². The van der Waals surface area contributed by atoms with Gasteiger partial charge in [0.25, 0.3) is 0 Å². The van der Waals surface area contributed by atoms with Crippen LogP contribution in [0.25, 0.3) is 5.69 Å². The number of methoxy groups -OCH3 is 1. The molecule has 1 fully saturated rings. The van der Waals surface area contributed by atoms with Crippen LogP contribution >= 0.6 is 11.6 Å². The highest BCUT2D eigenvalue weighted by Crippen LogP contribution is 2.29. The van der Waals surface area contributed by atoms with E-state index in [9.17, 15) is 4.79 Å². The molecule has 0 saturated carbocycles. The number of carbonyl (C=O) groups is 1. The second-order valence-electron chi connectivity index (χ2n) is 8.16. The predicted octanol–water partition coefficient (Wildman–Crippen LogP) is 5.16. The van der Waals surface area contributed by atoms with Crippen molar-refractivity contribution in [1.82, 2.24) is 9.55 Å². The summed E-state index contributed by atoms with van der Waals surface area (Å²) in [6.07, 6.45) is 7.38. The maximum atomic E-state index is 12.1. The Hall–Kier alpha value is -3.97. The first-order chi connectivity index (χ1) is 17.1. The number of hydrogen-bond acceptors (Lipinski definition) is 6. The van der Waals surface area contributed by atoms with Crippen LogP contribution in [0.4, 0.5) is 5.69 Å². The first kappa shape index (κ1) is 22.8. The van der Waals surface area contributed by atoms with Gasteiger partial charge in [-0.2, -0.15) is 0 Å². The molecule has 0 atom stereocenters. The molecule has 7 nitrogen and oxygen atoms in total. The summed E-state index contributed by atoms with van der Waals surface area (Å²) in [5.41, 5.74) is 3.24. The number of pyridine rings is 1. The number of para-hydroxylation sites is 1. The van der Waals surface area contributed by atoms with Crippen LogP contribution in [0.3, 0.4) is 0 Å². The molecule has 2 aromatic heterocycles. The van der Waals surface area contributed by atoms with Crippen molar-refractivity contribution in [1.29, 1.82) is 0 Å². The lowest BCUT2D eigenvalue weighted by Crippen LogP contribution is -2.53. The minimum absolute atomic E-state index is 0.0641. The molecule has 178 valence electrons. The zero-order chi connectivity index (χ0) is 24.2. The van der Waals surface area contributed by atoms with Crippen LogP contribution in [0.5, 0.6) is 11.5 Å². The molecule has 0 spiro atoms. The van der Waals surface area contributed by atoms with Gasteiger partial charge in [-0.25, -0.2) is 4.79 Å². The number of nitrogens with zero attached hydrogens (tertiary/aromatic N) is 3. The standard InChI is InChI=1S/C27H24ClN3O4/c1-33-27(32)24-6-2-3-7-26(24)30-12-10-20(15-30)31-16-23(17-31)35-21-9-8-19(25(28)13-21)18-34-22-5-4-11-29-14-22/h2-15,23H,16-18H2,1H3. The van der Waals surface area contributed by atoms with Crippen molar-refractivity contribution in [3.8, 4) is 17.2 Å². The lowest BCUT2D eigenvalue weighted by molar-refractivity contribution is 0.0600. The summed E-state index contributed by atoms with van der Waals surface area (Å²) in [4.78, 5) is 18.4. The number of rotatable bonds is 8. The molecule has 4 aromatic rings. The molecule has 35 heavy (non-hydrogen) atoms. The molecule has 1 aliphatic heterocycles. The predicted molar refractivity (Wildman–Crippen MR) is 134 cm³/mol. The summed E-state index contributed by atoms with van der Waals surface area (Å²) in [7, 11) is 1.39. The first-order valence-corrected chi connectivity index (χ1v) is 11.6. The van der Waals surface area contributed by atoms with E-state index in [-0.39, 0.29) is 12.1 Å². The Labute approximate surface area is 208 Å². The van der Waals surface area contributed by atoms with E-state index in [2.05, 4.69) is 9.88 Å². The van der Waals surface area contributed by atoms with Crippen LogP contribution in [-0.4, -0.2) is 41.8 Å². The van der Waals surface area contributed by atoms with Gasteiger partial charge in [-0.15, -0.1) is 0 Å². The summed E-state index contributed by atoms with van der Waals surface area (Å²) < 4.78 is 18.7.